The highest BCUT2D eigenvalue weighted by molar-refractivity contribution is 5.84. The lowest BCUT2D eigenvalue weighted by Crippen LogP contribution is -2.04. The lowest BCUT2D eigenvalue weighted by atomic mass is 10.1. The van der Waals surface area contributed by atoms with Crippen LogP contribution in [0.2, 0.25) is 0 Å². The summed E-state index contributed by atoms with van der Waals surface area (Å²) in [6.07, 6.45) is -0.0838. The minimum absolute atomic E-state index is 0.0715. The van der Waals surface area contributed by atoms with E-state index in [1.165, 1.54) is 19.1 Å². The lowest BCUT2D eigenvalue weighted by Gasteiger charge is -2.02. The standard InChI is InChI=1S/C9H9FN2O3/c1-6(11-13)5-7-8(10)3-2-4-9(7)12(14)15/h2-4,13H,5H2,1H3. The number of hydrogen-bond donors (Lipinski definition) is 1. The number of nitro benzene ring substituents is 1. The van der Waals surface area contributed by atoms with Crippen molar-refractivity contribution in [3.05, 3.63) is 39.7 Å². The van der Waals surface area contributed by atoms with Gasteiger partial charge in [-0.3, -0.25) is 10.1 Å². The summed E-state index contributed by atoms with van der Waals surface area (Å²) in [5.74, 6) is -0.674. The van der Waals surface area contributed by atoms with Gasteiger partial charge in [-0.15, -0.1) is 0 Å². The van der Waals surface area contributed by atoms with E-state index in [0.29, 0.717) is 0 Å². The first-order valence-electron chi connectivity index (χ1n) is 4.15. The minimum Gasteiger partial charge on any atom is -0.411 e. The van der Waals surface area contributed by atoms with E-state index in [0.717, 1.165) is 6.07 Å². The first-order valence-corrected chi connectivity index (χ1v) is 4.15. The zero-order valence-electron chi connectivity index (χ0n) is 7.98. The van der Waals surface area contributed by atoms with E-state index in [4.69, 9.17) is 5.21 Å². The first kappa shape index (κ1) is 11.1. The molecule has 6 heteroatoms. The third kappa shape index (κ3) is 2.49. The molecule has 15 heavy (non-hydrogen) atoms. The molecule has 1 rings (SSSR count). The third-order valence-electron chi connectivity index (χ3n) is 1.89. The van der Waals surface area contributed by atoms with Crippen LogP contribution in [-0.2, 0) is 6.42 Å². The van der Waals surface area contributed by atoms with Crippen molar-refractivity contribution in [2.45, 2.75) is 13.3 Å². The summed E-state index contributed by atoms with van der Waals surface area (Å²) in [4.78, 5) is 9.92. The monoisotopic (exact) mass is 212 g/mol. The van der Waals surface area contributed by atoms with E-state index in [-0.39, 0.29) is 23.4 Å². The molecule has 0 aliphatic rings. The van der Waals surface area contributed by atoms with E-state index in [1.54, 1.807) is 0 Å². The number of halogens is 1. The van der Waals surface area contributed by atoms with Crippen LogP contribution in [0.5, 0.6) is 0 Å². The van der Waals surface area contributed by atoms with E-state index in [9.17, 15) is 14.5 Å². The van der Waals surface area contributed by atoms with Crippen molar-refractivity contribution in [2.75, 3.05) is 0 Å². The summed E-state index contributed by atoms with van der Waals surface area (Å²) in [6, 6.07) is 3.61. The number of nitro groups is 1. The fraction of sp³-hybridized carbons (Fsp3) is 0.222. The normalized spacial score (nSPS) is 11.5. The van der Waals surface area contributed by atoms with Crippen LogP contribution >= 0.6 is 0 Å². The quantitative estimate of drug-likeness (QED) is 0.361. The van der Waals surface area contributed by atoms with Crippen LogP contribution in [0.3, 0.4) is 0 Å². The molecule has 0 spiro atoms. The van der Waals surface area contributed by atoms with Crippen LogP contribution in [0.25, 0.3) is 0 Å². The van der Waals surface area contributed by atoms with E-state index < -0.39 is 10.7 Å². The Morgan fingerprint density at radius 1 is 1.67 bits per heavy atom. The molecule has 1 aromatic rings. The molecule has 0 bridgehead atoms. The van der Waals surface area contributed by atoms with Crippen molar-refractivity contribution < 1.29 is 14.5 Å². The van der Waals surface area contributed by atoms with Gasteiger partial charge in [-0.2, -0.15) is 0 Å². The molecule has 1 aromatic carbocycles. The van der Waals surface area contributed by atoms with Crippen LogP contribution in [0.1, 0.15) is 12.5 Å². The lowest BCUT2D eigenvalue weighted by molar-refractivity contribution is -0.385. The van der Waals surface area contributed by atoms with Gasteiger partial charge in [0.2, 0.25) is 0 Å². The van der Waals surface area contributed by atoms with Crippen molar-refractivity contribution in [3.63, 3.8) is 0 Å². The average Bonchev–Trinajstić information content (AvgIpc) is 2.20. The zero-order valence-corrected chi connectivity index (χ0v) is 7.98. The Morgan fingerprint density at radius 3 is 2.87 bits per heavy atom. The second-order valence-electron chi connectivity index (χ2n) is 3.01. The molecule has 0 aliphatic heterocycles. The maximum absolute atomic E-state index is 13.3. The summed E-state index contributed by atoms with van der Waals surface area (Å²) in [6.45, 7) is 1.45. The van der Waals surface area contributed by atoms with Crippen molar-refractivity contribution in [2.24, 2.45) is 5.16 Å². The molecule has 5 nitrogen and oxygen atoms in total. The Balaban J connectivity index is 3.19. The van der Waals surface area contributed by atoms with Gasteiger partial charge in [0.1, 0.15) is 5.82 Å². The Kier molecular flexibility index (Phi) is 3.33. The molecular weight excluding hydrogens is 203 g/mol. The third-order valence-corrected chi connectivity index (χ3v) is 1.89. The minimum atomic E-state index is -0.674. The molecule has 0 aromatic heterocycles. The molecule has 0 aliphatic carbocycles. The van der Waals surface area contributed by atoms with Gasteiger partial charge in [0.05, 0.1) is 16.2 Å². The number of benzene rings is 1. The van der Waals surface area contributed by atoms with E-state index in [2.05, 4.69) is 5.16 Å². The van der Waals surface area contributed by atoms with Crippen LogP contribution in [0.15, 0.2) is 23.4 Å². The van der Waals surface area contributed by atoms with Gasteiger partial charge in [-0.25, -0.2) is 4.39 Å². The van der Waals surface area contributed by atoms with Crippen LogP contribution in [0.4, 0.5) is 10.1 Å². The van der Waals surface area contributed by atoms with Gasteiger partial charge >= 0.3 is 0 Å². The Morgan fingerprint density at radius 2 is 2.33 bits per heavy atom. The smallest absolute Gasteiger partial charge is 0.275 e. The Labute approximate surface area is 85.0 Å². The van der Waals surface area contributed by atoms with Crippen molar-refractivity contribution in [3.8, 4) is 0 Å². The van der Waals surface area contributed by atoms with Crippen LogP contribution < -0.4 is 0 Å². The highest BCUT2D eigenvalue weighted by atomic mass is 19.1. The average molecular weight is 212 g/mol. The molecule has 0 atom stereocenters. The predicted octanol–water partition coefficient (Wildman–Crippen LogP) is 2.13. The number of nitrogens with zero attached hydrogens (tertiary/aromatic N) is 2. The van der Waals surface area contributed by atoms with Crippen molar-refractivity contribution >= 4 is 11.4 Å². The van der Waals surface area contributed by atoms with Crippen LogP contribution in [-0.4, -0.2) is 15.8 Å². The summed E-state index contributed by atoms with van der Waals surface area (Å²) >= 11 is 0. The molecule has 0 unspecified atom stereocenters. The topological polar surface area (TPSA) is 75.7 Å². The summed E-state index contributed by atoms with van der Waals surface area (Å²) in [5, 5.41) is 21.8. The maximum Gasteiger partial charge on any atom is 0.275 e. The second kappa shape index (κ2) is 4.50. The van der Waals surface area contributed by atoms with Gasteiger partial charge in [-0.05, 0) is 13.0 Å². The molecule has 0 saturated heterocycles. The molecule has 1 N–H and O–H groups in total. The molecule has 0 radical (unpaired) electrons. The van der Waals surface area contributed by atoms with Gasteiger partial charge < -0.3 is 5.21 Å². The number of rotatable bonds is 3. The van der Waals surface area contributed by atoms with Crippen LogP contribution in [0, 0.1) is 15.9 Å². The molecule has 0 amide bonds. The van der Waals surface area contributed by atoms with Gasteiger partial charge in [0, 0.05) is 12.5 Å². The van der Waals surface area contributed by atoms with Gasteiger partial charge in [-0.1, -0.05) is 11.2 Å². The zero-order chi connectivity index (χ0) is 11.4. The van der Waals surface area contributed by atoms with Gasteiger partial charge in [0.25, 0.3) is 5.69 Å². The summed E-state index contributed by atoms with van der Waals surface area (Å²) < 4.78 is 13.3. The number of oxime groups is 1. The predicted molar refractivity (Wildman–Crippen MR) is 51.7 cm³/mol. The second-order valence-corrected chi connectivity index (χ2v) is 3.01. The number of hydrogen-bond acceptors (Lipinski definition) is 4. The summed E-state index contributed by atoms with van der Waals surface area (Å²) in [7, 11) is 0. The molecule has 0 saturated carbocycles. The van der Waals surface area contributed by atoms with E-state index in [1.807, 2.05) is 0 Å². The molecule has 0 fully saturated rings. The SMILES string of the molecule is CC(Cc1c(F)cccc1[N+](=O)[O-])=NO. The van der Waals surface area contributed by atoms with Crippen molar-refractivity contribution in [1.82, 2.24) is 0 Å². The van der Waals surface area contributed by atoms with E-state index >= 15 is 0 Å². The molecule has 80 valence electrons. The Bertz CT molecular complexity index is 418. The maximum atomic E-state index is 13.3. The largest absolute Gasteiger partial charge is 0.411 e. The summed E-state index contributed by atoms with van der Waals surface area (Å²) in [5.41, 5.74) is -0.168. The highest BCUT2D eigenvalue weighted by Crippen LogP contribution is 2.21. The molecular formula is C9H9FN2O3. The Hall–Kier alpha value is -1.98. The molecule has 0 heterocycles. The fourth-order valence-electron chi connectivity index (χ4n) is 1.18. The van der Waals surface area contributed by atoms with Gasteiger partial charge in [0.15, 0.2) is 0 Å². The highest BCUT2D eigenvalue weighted by Gasteiger charge is 2.18. The van der Waals surface area contributed by atoms with Crippen molar-refractivity contribution in [1.29, 1.82) is 0 Å². The first-order chi connectivity index (χ1) is 7.06. The fourth-order valence-corrected chi connectivity index (χ4v) is 1.18.